The molecule has 0 amide bonds. The Morgan fingerprint density at radius 3 is 2.58 bits per heavy atom. The van der Waals surface area contributed by atoms with Crippen molar-refractivity contribution in [3.63, 3.8) is 0 Å². The minimum Gasteiger partial charge on any atom is -0.374 e. The van der Waals surface area contributed by atoms with Crippen molar-refractivity contribution in [2.45, 2.75) is 45.8 Å². The minimum absolute atomic E-state index is 0.134. The maximum atomic E-state index is 13.5. The lowest BCUT2D eigenvalue weighted by Crippen LogP contribution is -2.43. The van der Waals surface area contributed by atoms with E-state index in [-0.39, 0.29) is 11.9 Å². The topological polar surface area (TPSA) is 21.3 Å². The van der Waals surface area contributed by atoms with Gasteiger partial charge in [0.05, 0.1) is 11.6 Å². The Morgan fingerprint density at radius 2 is 2.05 bits per heavy atom. The van der Waals surface area contributed by atoms with Crippen LogP contribution in [0.3, 0.4) is 0 Å². The van der Waals surface area contributed by atoms with Gasteiger partial charge in [-0.25, -0.2) is 4.39 Å². The molecule has 0 aromatic heterocycles. The normalized spacial score (nSPS) is 16.1. The van der Waals surface area contributed by atoms with Crippen LogP contribution in [0.1, 0.15) is 45.7 Å². The Hall–Kier alpha value is -0.640. The third-order valence-corrected chi connectivity index (χ3v) is 3.81. The van der Waals surface area contributed by atoms with Gasteiger partial charge in [-0.2, -0.15) is 0 Å². The molecule has 0 saturated heterocycles. The van der Waals surface area contributed by atoms with Crippen molar-refractivity contribution in [2.24, 2.45) is 0 Å². The van der Waals surface area contributed by atoms with Crippen molar-refractivity contribution >= 4 is 11.6 Å². The van der Waals surface area contributed by atoms with Crippen LogP contribution in [-0.4, -0.2) is 18.8 Å². The molecule has 0 aliphatic rings. The van der Waals surface area contributed by atoms with Gasteiger partial charge in [-0.15, -0.1) is 0 Å². The van der Waals surface area contributed by atoms with Crippen LogP contribution < -0.4 is 5.32 Å². The zero-order valence-electron chi connectivity index (χ0n) is 12.1. The number of hydrogen-bond donors (Lipinski definition) is 1. The third-order valence-electron chi connectivity index (χ3n) is 3.46. The Balaban J connectivity index is 3.21. The van der Waals surface area contributed by atoms with Crippen LogP contribution >= 0.6 is 11.6 Å². The predicted octanol–water partition coefficient (Wildman–Crippen LogP) is 4.33. The smallest absolute Gasteiger partial charge is 0.123 e. The van der Waals surface area contributed by atoms with Crippen LogP contribution in [0.2, 0.25) is 5.02 Å². The van der Waals surface area contributed by atoms with Crippen molar-refractivity contribution in [1.82, 2.24) is 5.32 Å². The first-order valence-corrected chi connectivity index (χ1v) is 7.18. The maximum Gasteiger partial charge on any atom is 0.123 e. The largest absolute Gasteiger partial charge is 0.374 e. The standard InChI is InChI=1S/C15H23ClFNO/c1-5-15(4,19-7-3)14(18-6-2)12-10-11(17)8-9-13(12)16/h8-10,14,18H,5-7H2,1-4H3. The molecule has 0 heterocycles. The molecule has 0 aliphatic carbocycles. The summed E-state index contributed by atoms with van der Waals surface area (Å²) in [5, 5.41) is 3.93. The Bertz CT molecular complexity index is 413. The fraction of sp³-hybridized carbons (Fsp3) is 0.600. The zero-order chi connectivity index (χ0) is 14.5. The first kappa shape index (κ1) is 16.4. The van der Waals surface area contributed by atoms with E-state index in [4.69, 9.17) is 16.3 Å². The van der Waals surface area contributed by atoms with E-state index in [1.54, 1.807) is 6.07 Å². The monoisotopic (exact) mass is 287 g/mol. The SMILES string of the molecule is CCNC(c1cc(F)ccc1Cl)C(C)(CC)OCC. The van der Waals surface area contributed by atoms with Gasteiger partial charge in [0.15, 0.2) is 0 Å². The van der Waals surface area contributed by atoms with Gasteiger partial charge in [-0.3, -0.25) is 0 Å². The number of nitrogens with one attached hydrogen (secondary N) is 1. The number of halogens is 2. The summed E-state index contributed by atoms with van der Waals surface area (Å²) >= 11 is 6.23. The summed E-state index contributed by atoms with van der Waals surface area (Å²) in [7, 11) is 0. The molecule has 2 unspecified atom stereocenters. The quantitative estimate of drug-likeness (QED) is 0.806. The van der Waals surface area contributed by atoms with E-state index < -0.39 is 5.60 Å². The minimum atomic E-state index is -0.414. The molecule has 0 fully saturated rings. The molecule has 0 saturated carbocycles. The van der Waals surface area contributed by atoms with Gasteiger partial charge in [-0.1, -0.05) is 25.4 Å². The summed E-state index contributed by atoms with van der Waals surface area (Å²) < 4.78 is 19.4. The Labute approximate surface area is 120 Å². The molecule has 1 rings (SSSR count). The van der Waals surface area contributed by atoms with Crippen LogP contribution in [0.25, 0.3) is 0 Å². The van der Waals surface area contributed by atoms with E-state index in [1.165, 1.54) is 12.1 Å². The average molecular weight is 288 g/mol. The number of likely N-dealkylation sites (N-methyl/N-ethyl adjacent to an activating group) is 1. The first-order valence-electron chi connectivity index (χ1n) is 6.80. The van der Waals surface area contributed by atoms with Crippen molar-refractivity contribution in [2.75, 3.05) is 13.2 Å². The second kappa shape index (κ2) is 7.22. The third kappa shape index (κ3) is 3.91. The van der Waals surface area contributed by atoms with Crippen molar-refractivity contribution < 1.29 is 9.13 Å². The van der Waals surface area contributed by atoms with Gasteiger partial charge >= 0.3 is 0 Å². The first-order chi connectivity index (χ1) is 8.98. The molecule has 0 spiro atoms. The molecule has 0 aliphatic heterocycles. The number of rotatable bonds is 7. The van der Waals surface area contributed by atoms with E-state index in [0.29, 0.717) is 11.6 Å². The second-order valence-electron chi connectivity index (χ2n) is 4.76. The summed E-state index contributed by atoms with van der Waals surface area (Å²) in [5.41, 5.74) is 0.337. The number of benzene rings is 1. The summed E-state index contributed by atoms with van der Waals surface area (Å²) in [5.74, 6) is -0.280. The van der Waals surface area contributed by atoms with E-state index in [9.17, 15) is 4.39 Å². The molecular formula is C15H23ClFNO. The molecule has 1 N–H and O–H groups in total. The summed E-state index contributed by atoms with van der Waals surface area (Å²) in [6.45, 7) is 9.45. The number of hydrogen-bond acceptors (Lipinski definition) is 2. The van der Waals surface area contributed by atoms with Crippen LogP contribution in [0, 0.1) is 5.82 Å². The Kier molecular flexibility index (Phi) is 6.24. The molecule has 0 radical (unpaired) electrons. The van der Waals surface area contributed by atoms with Gasteiger partial charge in [0.1, 0.15) is 5.82 Å². The van der Waals surface area contributed by atoms with Crippen LogP contribution in [0.15, 0.2) is 18.2 Å². The highest BCUT2D eigenvalue weighted by molar-refractivity contribution is 6.31. The molecule has 2 nitrogen and oxygen atoms in total. The van der Waals surface area contributed by atoms with Gasteiger partial charge in [-0.05, 0) is 50.6 Å². The molecule has 1 aromatic carbocycles. The van der Waals surface area contributed by atoms with Crippen molar-refractivity contribution in [3.8, 4) is 0 Å². The zero-order valence-corrected chi connectivity index (χ0v) is 12.9. The fourth-order valence-electron chi connectivity index (χ4n) is 2.31. The van der Waals surface area contributed by atoms with Crippen LogP contribution in [-0.2, 0) is 4.74 Å². The molecule has 108 valence electrons. The number of ether oxygens (including phenoxy) is 1. The molecule has 1 aromatic rings. The maximum absolute atomic E-state index is 13.5. The highest BCUT2D eigenvalue weighted by atomic mass is 35.5. The van der Waals surface area contributed by atoms with Gasteiger partial charge < -0.3 is 10.1 Å². The van der Waals surface area contributed by atoms with Gasteiger partial charge in [0, 0.05) is 11.6 Å². The van der Waals surface area contributed by atoms with Crippen molar-refractivity contribution in [3.05, 3.63) is 34.6 Å². The summed E-state index contributed by atoms with van der Waals surface area (Å²) in [4.78, 5) is 0. The van der Waals surface area contributed by atoms with Crippen LogP contribution in [0.4, 0.5) is 4.39 Å². The molecule has 2 atom stereocenters. The second-order valence-corrected chi connectivity index (χ2v) is 5.16. The lowest BCUT2D eigenvalue weighted by Gasteiger charge is -2.38. The molecule has 19 heavy (non-hydrogen) atoms. The van der Waals surface area contributed by atoms with E-state index in [2.05, 4.69) is 12.2 Å². The summed E-state index contributed by atoms with van der Waals surface area (Å²) in [6, 6.07) is 4.32. The highest BCUT2D eigenvalue weighted by Gasteiger charge is 2.35. The van der Waals surface area contributed by atoms with E-state index in [1.807, 2.05) is 20.8 Å². The van der Waals surface area contributed by atoms with E-state index in [0.717, 1.165) is 18.5 Å². The molecular weight excluding hydrogens is 265 g/mol. The molecule has 4 heteroatoms. The lowest BCUT2D eigenvalue weighted by molar-refractivity contribution is -0.0560. The fourth-order valence-corrected chi connectivity index (χ4v) is 2.54. The highest BCUT2D eigenvalue weighted by Crippen LogP contribution is 2.36. The van der Waals surface area contributed by atoms with Gasteiger partial charge in [0.25, 0.3) is 0 Å². The van der Waals surface area contributed by atoms with E-state index >= 15 is 0 Å². The van der Waals surface area contributed by atoms with Gasteiger partial charge in [0.2, 0.25) is 0 Å². The summed E-state index contributed by atoms with van der Waals surface area (Å²) in [6.07, 6.45) is 0.811. The van der Waals surface area contributed by atoms with Crippen molar-refractivity contribution in [1.29, 1.82) is 0 Å². The Morgan fingerprint density at radius 1 is 1.37 bits per heavy atom. The lowest BCUT2D eigenvalue weighted by atomic mass is 9.87. The predicted molar refractivity (Wildman–Crippen MR) is 78.1 cm³/mol. The average Bonchev–Trinajstić information content (AvgIpc) is 2.39. The molecule has 0 bridgehead atoms. The van der Waals surface area contributed by atoms with Crippen LogP contribution in [0.5, 0.6) is 0 Å².